The van der Waals surface area contributed by atoms with Crippen LogP contribution in [0.2, 0.25) is 0 Å². The molecule has 0 aliphatic carbocycles. The number of amides is 2. The number of benzene rings is 2. The van der Waals surface area contributed by atoms with Crippen LogP contribution in [0.25, 0.3) is 6.08 Å². The zero-order valence-electron chi connectivity index (χ0n) is 18.3. The van der Waals surface area contributed by atoms with Gasteiger partial charge in [0.1, 0.15) is 6.04 Å². The van der Waals surface area contributed by atoms with Gasteiger partial charge in [-0.1, -0.05) is 49.4 Å². The highest BCUT2D eigenvalue weighted by molar-refractivity contribution is 6.14. The fraction of sp³-hybridized carbons (Fsp3) is 0.320. The van der Waals surface area contributed by atoms with E-state index >= 15 is 0 Å². The monoisotopic (exact) mass is 445 g/mol. The Labute approximate surface area is 190 Å². The van der Waals surface area contributed by atoms with E-state index in [1.165, 1.54) is 29.2 Å². The number of para-hydroxylation sites is 1. The van der Waals surface area contributed by atoms with Gasteiger partial charge in [-0.25, -0.2) is 0 Å². The molecule has 168 valence electrons. The third-order valence-electron chi connectivity index (χ3n) is 7.09. The summed E-state index contributed by atoms with van der Waals surface area (Å²) in [7, 11) is 0. The summed E-state index contributed by atoms with van der Waals surface area (Å²) in [6.07, 6.45) is 4.44. The molecule has 2 fully saturated rings. The Morgan fingerprint density at radius 1 is 1.09 bits per heavy atom. The number of nitro groups is 1. The van der Waals surface area contributed by atoms with Crippen LogP contribution in [0.1, 0.15) is 36.2 Å². The maximum atomic E-state index is 13.9. The molecule has 2 saturated heterocycles. The third kappa shape index (κ3) is 3.01. The Morgan fingerprint density at radius 3 is 2.55 bits per heavy atom. The van der Waals surface area contributed by atoms with Gasteiger partial charge in [0.15, 0.2) is 5.78 Å². The Bertz CT molecular complexity index is 1220. The first kappa shape index (κ1) is 21.1. The average Bonchev–Trinajstić information content (AvgIpc) is 3.31. The first-order chi connectivity index (χ1) is 15.8. The van der Waals surface area contributed by atoms with Crippen molar-refractivity contribution in [2.24, 2.45) is 11.8 Å². The predicted molar refractivity (Wildman–Crippen MR) is 122 cm³/mol. The molecule has 0 aromatic heterocycles. The summed E-state index contributed by atoms with van der Waals surface area (Å²) < 4.78 is 0. The third-order valence-corrected chi connectivity index (χ3v) is 7.09. The molecule has 0 unspecified atom stereocenters. The maximum Gasteiger partial charge on any atom is 0.270 e. The molecule has 8 heteroatoms. The Balaban J connectivity index is 1.65. The number of likely N-dealkylation sites (tertiary alicyclic amines) is 1. The summed E-state index contributed by atoms with van der Waals surface area (Å²) in [5.41, 5.74) is 1.63. The van der Waals surface area contributed by atoms with Crippen molar-refractivity contribution in [3.8, 4) is 0 Å². The van der Waals surface area contributed by atoms with Gasteiger partial charge in [0.2, 0.25) is 11.8 Å². The second-order valence-corrected chi connectivity index (χ2v) is 8.79. The Hall–Kier alpha value is -3.81. The quantitative estimate of drug-likeness (QED) is 0.302. The summed E-state index contributed by atoms with van der Waals surface area (Å²) in [6, 6.07) is 11.5. The van der Waals surface area contributed by atoms with Crippen LogP contribution < -0.4 is 4.90 Å². The van der Waals surface area contributed by atoms with Crippen molar-refractivity contribution in [2.45, 2.75) is 38.4 Å². The highest BCUT2D eigenvalue weighted by Gasteiger charge is 2.64. The molecule has 8 nitrogen and oxygen atoms in total. The van der Waals surface area contributed by atoms with Crippen molar-refractivity contribution in [2.75, 3.05) is 4.90 Å². The van der Waals surface area contributed by atoms with E-state index in [4.69, 9.17) is 0 Å². The summed E-state index contributed by atoms with van der Waals surface area (Å²) >= 11 is 0. The number of anilines is 1. The Morgan fingerprint density at radius 2 is 1.82 bits per heavy atom. The molecule has 2 amide bonds. The van der Waals surface area contributed by atoms with Crippen LogP contribution in [-0.2, 0) is 9.59 Å². The minimum absolute atomic E-state index is 0.155. The number of rotatable bonds is 5. The van der Waals surface area contributed by atoms with Crippen molar-refractivity contribution in [3.05, 3.63) is 75.8 Å². The van der Waals surface area contributed by atoms with E-state index in [1.54, 1.807) is 0 Å². The lowest BCUT2D eigenvalue weighted by Gasteiger charge is -2.37. The van der Waals surface area contributed by atoms with Crippen molar-refractivity contribution in [3.63, 3.8) is 0 Å². The van der Waals surface area contributed by atoms with Crippen LogP contribution in [-0.4, -0.2) is 45.5 Å². The van der Waals surface area contributed by atoms with Crippen LogP contribution in [0, 0.1) is 22.0 Å². The highest BCUT2D eigenvalue weighted by Crippen LogP contribution is 2.49. The van der Waals surface area contributed by atoms with Crippen LogP contribution in [0.3, 0.4) is 0 Å². The van der Waals surface area contributed by atoms with Crippen LogP contribution >= 0.6 is 0 Å². The zero-order valence-corrected chi connectivity index (χ0v) is 18.3. The van der Waals surface area contributed by atoms with Gasteiger partial charge >= 0.3 is 0 Å². The van der Waals surface area contributed by atoms with E-state index in [0.717, 1.165) is 11.3 Å². The summed E-state index contributed by atoms with van der Waals surface area (Å²) in [5.74, 6) is -2.52. The first-order valence-electron chi connectivity index (χ1n) is 11.1. The van der Waals surface area contributed by atoms with Crippen LogP contribution in [0.15, 0.2) is 54.6 Å². The van der Waals surface area contributed by atoms with E-state index in [1.807, 2.05) is 55.2 Å². The molecule has 0 saturated carbocycles. The number of hydrogen-bond donors (Lipinski definition) is 0. The number of hydrogen-bond acceptors (Lipinski definition) is 6. The smallest absolute Gasteiger partial charge is 0.270 e. The summed E-state index contributed by atoms with van der Waals surface area (Å²) in [6.45, 7) is 3.74. The molecule has 0 radical (unpaired) electrons. The van der Waals surface area contributed by atoms with Gasteiger partial charge in [-0.05, 0) is 25.0 Å². The molecule has 3 heterocycles. The molecule has 0 spiro atoms. The number of ketones is 1. The molecule has 2 aromatic rings. The maximum absolute atomic E-state index is 13.9. The van der Waals surface area contributed by atoms with E-state index in [-0.39, 0.29) is 29.1 Å². The van der Waals surface area contributed by atoms with Crippen molar-refractivity contribution in [1.29, 1.82) is 0 Å². The van der Waals surface area contributed by atoms with Gasteiger partial charge in [0.05, 0.1) is 22.8 Å². The van der Waals surface area contributed by atoms with Gasteiger partial charge in [0, 0.05) is 29.4 Å². The molecule has 0 N–H and O–H groups in total. The molecule has 3 aliphatic rings. The highest BCUT2D eigenvalue weighted by atomic mass is 16.6. The number of imide groups is 1. The molecule has 5 atom stereocenters. The molecule has 33 heavy (non-hydrogen) atoms. The van der Waals surface area contributed by atoms with Crippen molar-refractivity contribution >= 4 is 35.0 Å². The zero-order chi connectivity index (χ0) is 23.4. The lowest BCUT2D eigenvalue weighted by Crippen LogP contribution is -2.50. The lowest BCUT2D eigenvalue weighted by atomic mass is 9.86. The van der Waals surface area contributed by atoms with E-state index in [0.29, 0.717) is 6.42 Å². The molecule has 5 rings (SSSR count). The van der Waals surface area contributed by atoms with E-state index in [2.05, 4.69) is 0 Å². The molecule has 3 aliphatic heterocycles. The van der Waals surface area contributed by atoms with E-state index in [9.17, 15) is 24.5 Å². The van der Waals surface area contributed by atoms with Gasteiger partial charge in [-0.15, -0.1) is 0 Å². The predicted octanol–water partition coefficient (Wildman–Crippen LogP) is 3.46. The molecular formula is C25H23N3O5. The second-order valence-electron chi connectivity index (χ2n) is 8.79. The summed E-state index contributed by atoms with van der Waals surface area (Å²) in [5, 5.41) is 11.3. The number of carbonyl (C=O) groups is 3. The lowest BCUT2D eigenvalue weighted by molar-refractivity contribution is -0.384. The fourth-order valence-corrected chi connectivity index (χ4v) is 5.40. The van der Waals surface area contributed by atoms with Crippen LogP contribution in [0.5, 0.6) is 0 Å². The van der Waals surface area contributed by atoms with Gasteiger partial charge in [0.25, 0.3) is 5.69 Å². The topological polar surface area (TPSA) is 101 Å². The molecule has 2 aromatic carbocycles. The minimum atomic E-state index is -0.932. The van der Waals surface area contributed by atoms with Gasteiger partial charge < -0.3 is 4.90 Å². The standard InChI is InChI=1S/C25H23N3O5/c1-3-14(2)26-24(30)20-19-12-11-15-7-4-5-10-18(15)27(19)22(21(20)25(26)31)23(29)16-8-6-9-17(13-16)28(32)33/h4-14,19-22H,3H2,1-2H3/t14-,19-,20+,21+,22-/m0/s1. The van der Waals surface area contributed by atoms with Crippen molar-refractivity contribution in [1.82, 2.24) is 4.90 Å². The minimum Gasteiger partial charge on any atom is -0.352 e. The second kappa shape index (κ2) is 7.65. The fourth-order valence-electron chi connectivity index (χ4n) is 5.40. The average molecular weight is 445 g/mol. The number of fused-ring (bicyclic) bond motifs is 5. The molecule has 0 bridgehead atoms. The number of nitro benzene ring substituents is 1. The molecular weight excluding hydrogens is 422 g/mol. The van der Waals surface area contributed by atoms with Gasteiger partial charge in [-0.3, -0.25) is 29.4 Å². The number of carbonyl (C=O) groups excluding carboxylic acids is 3. The normalized spacial score (nSPS) is 26.1. The number of non-ortho nitro benzene ring substituents is 1. The number of nitrogens with zero attached hydrogens (tertiary/aromatic N) is 3. The summed E-state index contributed by atoms with van der Waals surface area (Å²) in [4.78, 5) is 54.8. The van der Waals surface area contributed by atoms with Gasteiger partial charge in [-0.2, -0.15) is 0 Å². The first-order valence-corrected chi connectivity index (χ1v) is 11.1. The number of Topliss-reactive ketones (excluding diaryl/α,β-unsaturated/α-hetero) is 1. The Kier molecular flexibility index (Phi) is 4.88. The SMILES string of the molecule is CC[C@H](C)N1C(=O)[C@@H]2[C@H](C1=O)[C@@H]1C=Cc3ccccc3N1[C@@H]2C(=O)c1cccc([N+](=O)[O-])c1. The van der Waals surface area contributed by atoms with Crippen LogP contribution in [0.4, 0.5) is 11.4 Å². The van der Waals surface area contributed by atoms with Crippen molar-refractivity contribution < 1.29 is 19.3 Å². The largest absolute Gasteiger partial charge is 0.352 e. The van der Waals surface area contributed by atoms with E-state index < -0.39 is 34.6 Å².